The van der Waals surface area contributed by atoms with Crippen LogP contribution in [0.15, 0.2) is 48.4 Å². The minimum absolute atomic E-state index is 0.165. The standard InChI is InChI=1S/C31H40N6O2/c1-5-6-12-24(15-25-16-29(35-21(25)2)27-19-34-37(4)20-27)31(39)36-28-17-26(18-33-22(28)3)30(38)32-14-13-23-10-8-7-9-11-23/h6,12,15-20,23,35H,5,7-11,13-14H2,1-4H3,(H,32,38)(H,36,39)/b12-6+,24-15+. The molecule has 1 fully saturated rings. The Morgan fingerprint density at radius 1 is 1.15 bits per heavy atom. The average molecular weight is 529 g/mol. The number of nitrogens with zero attached hydrogens (tertiary/aromatic N) is 3. The van der Waals surface area contributed by atoms with Crippen LogP contribution in [-0.2, 0) is 11.8 Å². The van der Waals surface area contributed by atoms with Gasteiger partial charge in [-0.1, -0.05) is 51.2 Å². The van der Waals surface area contributed by atoms with Gasteiger partial charge in [-0.15, -0.1) is 0 Å². The zero-order valence-electron chi connectivity index (χ0n) is 23.5. The van der Waals surface area contributed by atoms with E-state index in [-0.39, 0.29) is 11.8 Å². The van der Waals surface area contributed by atoms with Crippen molar-refractivity contribution >= 4 is 23.6 Å². The molecule has 1 aliphatic carbocycles. The Balaban J connectivity index is 1.47. The second-order valence-corrected chi connectivity index (χ2v) is 10.4. The summed E-state index contributed by atoms with van der Waals surface area (Å²) in [5.41, 5.74) is 5.92. The van der Waals surface area contributed by atoms with Crippen LogP contribution >= 0.6 is 0 Å². The monoisotopic (exact) mass is 528 g/mol. The molecule has 39 heavy (non-hydrogen) atoms. The molecule has 3 heterocycles. The van der Waals surface area contributed by atoms with Crippen LogP contribution in [0.5, 0.6) is 0 Å². The Bertz CT molecular complexity index is 1360. The number of allylic oxidation sites excluding steroid dienone is 1. The Morgan fingerprint density at radius 2 is 1.95 bits per heavy atom. The number of carbonyl (C=O) groups is 2. The number of hydrogen-bond acceptors (Lipinski definition) is 4. The van der Waals surface area contributed by atoms with Crippen molar-refractivity contribution in [3.63, 3.8) is 0 Å². The summed E-state index contributed by atoms with van der Waals surface area (Å²) in [6.45, 7) is 6.49. The molecule has 1 saturated carbocycles. The number of aromatic amines is 1. The molecular weight excluding hydrogens is 488 g/mol. The summed E-state index contributed by atoms with van der Waals surface area (Å²) in [7, 11) is 1.88. The number of pyridine rings is 1. The molecule has 2 amide bonds. The van der Waals surface area contributed by atoms with Crippen molar-refractivity contribution in [1.29, 1.82) is 0 Å². The number of anilines is 1. The van der Waals surface area contributed by atoms with Crippen LogP contribution in [0.2, 0.25) is 0 Å². The highest BCUT2D eigenvalue weighted by Crippen LogP contribution is 2.26. The summed E-state index contributed by atoms with van der Waals surface area (Å²) in [4.78, 5) is 34.0. The van der Waals surface area contributed by atoms with Gasteiger partial charge in [0.15, 0.2) is 0 Å². The van der Waals surface area contributed by atoms with Gasteiger partial charge in [0.05, 0.1) is 23.1 Å². The fourth-order valence-electron chi connectivity index (χ4n) is 4.99. The lowest BCUT2D eigenvalue weighted by atomic mass is 9.87. The van der Waals surface area contributed by atoms with Crippen LogP contribution in [0.25, 0.3) is 17.3 Å². The molecule has 0 spiro atoms. The third-order valence-electron chi connectivity index (χ3n) is 7.34. The van der Waals surface area contributed by atoms with E-state index in [4.69, 9.17) is 0 Å². The summed E-state index contributed by atoms with van der Waals surface area (Å²) in [6, 6.07) is 3.73. The Morgan fingerprint density at radius 3 is 2.67 bits per heavy atom. The molecule has 0 atom stereocenters. The lowest BCUT2D eigenvalue weighted by Gasteiger charge is -2.21. The van der Waals surface area contributed by atoms with E-state index in [0.29, 0.717) is 35.0 Å². The first-order chi connectivity index (χ1) is 18.8. The van der Waals surface area contributed by atoms with Crippen molar-refractivity contribution in [2.24, 2.45) is 13.0 Å². The fraction of sp³-hybridized carbons (Fsp3) is 0.419. The number of amides is 2. The first-order valence-corrected chi connectivity index (χ1v) is 14.0. The van der Waals surface area contributed by atoms with Crippen molar-refractivity contribution in [2.75, 3.05) is 11.9 Å². The number of aryl methyl sites for hydroxylation is 3. The molecular formula is C31H40N6O2. The zero-order chi connectivity index (χ0) is 27.8. The summed E-state index contributed by atoms with van der Waals surface area (Å²) < 4.78 is 1.76. The first kappa shape index (κ1) is 28.1. The molecule has 206 valence electrons. The highest BCUT2D eigenvalue weighted by atomic mass is 16.2. The molecule has 8 nitrogen and oxygen atoms in total. The minimum Gasteiger partial charge on any atom is -0.358 e. The second kappa shape index (κ2) is 13.2. The van der Waals surface area contributed by atoms with Gasteiger partial charge >= 0.3 is 0 Å². The molecule has 8 heteroatoms. The maximum atomic E-state index is 13.4. The summed E-state index contributed by atoms with van der Waals surface area (Å²) >= 11 is 0. The predicted molar refractivity (Wildman–Crippen MR) is 156 cm³/mol. The Labute approximate surface area is 231 Å². The van der Waals surface area contributed by atoms with Gasteiger partial charge in [-0.25, -0.2) is 0 Å². The molecule has 1 aliphatic rings. The van der Waals surface area contributed by atoms with E-state index in [2.05, 4.69) is 25.7 Å². The molecule has 0 saturated heterocycles. The first-order valence-electron chi connectivity index (χ1n) is 14.0. The maximum absolute atomic E-state index is 13.4. The van der Waals surface area contributed by atoms with Gasteiger partial charge < -0.3 is 15.6 Å². The normalized spacial score (nSPS) is 14.6. The minimum atomic E-state index is -0.261. The highest BCUT2D eigenvalue weighted by Gasteiger charge is 2.16. The fourth-order valence-corrected chi connectivity index (χ4v) is 4.99. The maximum Gasteiger partial charge on any atom is 0.255 e. The van der Waals surface area contributed by atoms with Crippen LogP contribution in [0.4, 0.5) is 5.69 Å². The lowest BCUT2D eigenvalue weighted by Crippen LogP contribution is -2.27. The number of hydrogen-bond donors (Lipinski definition) is 3. The van der Waals surface area contributed by atoms with E-state index in [1.165, 1.54) is 32.1 Å². The van der Waals surface area contributed by atoms with Crippen molar-refractivity contribution in [3.8, 4) is 11.3 Å². The molecule has 4 rings (SSSR count). The van der Waals surface area contributed by atoms with E-state index < -0.39 is 0 Å². The van der Waals surface area contributed by atoms with E-state index in [9.17, 15) is 9.59 Å². The molecule has 0 bridgehead atoms. The molecule has 3 aromatic rings. The Kier molecular flexibility index (Phi) is 9.52. The third kappa shape index (κ3) is 7.56. The smallest absolute Gasteiger partial charge is 0.255 e. The third-order valence-corrected chi connectivity index (χ3v) is 7.34. The average Bonchev–Trinajstić information content (AvgIpc) is 3.53. The van der Waals surface area contributed by atoms with Gasteiger partial charge in [-0.2, -0.15) is 5.10 Å². The van der Waals surface area contributed by atoms with Gasteiger partial charge in [0.1, 0.15) is 0 Å². The van der Waals surface area contributed by atoms with Gasteiger partial charge in [0.2, 0.25) is 0 Å². The lowest BCUT2D eigenvalue weighted by molar-refractivity contribution is -0.112. The van der Waals surface area contributed by atoms with Gasteiger partial charge in [0, 0.05) is 48.5 Å². The zero-order valence-corrected chi connectivity index (χ0v) is 23.5. The van der Waals surface area contributed by atoms with Crippen LogP contribution in [0, 0.1) is 19.8 Å². The largest absolute Gasteiger partial charge is 0.358 e. The summed E-state index contributed by atoms with van der Waals surface area (Å²) in [6.07, 6.45) is 19.2. The van der Waals surface area contributed by atoms with E-state index in [0.717, 1.165) is 35.4 Å². The number of nitrogens with one attached hydrogen (secondary N) is 3. The molecule has 0 aliphatic heterocycles. The molecule has 3 aromatic heterocycles. The van der Waals surface area contributed by atoms with Gasteiger partial charge in [0.25, 0.3) is 11.8 Å². The molecule has 3 N–H and O–H groups in total. The number of H-pyrrole nitrogens is 1. The van der Waals surface area contributed by atoms with Gasteiger partial charge in [-0.05, 0) is 56.4 Å². The van der Waals surface area contributed by atoms with E-state index in [1.807, 2.05) is 58.3 Å². The van der Waals surface area contributed by atoms with E-state index in [1.54, 1.807) is 23.1 Å². The van der Waals surface area contributed by atoms with Crippen LogP contribution in [-0.4, -0.2) is 38.1 Å². The van der Waals surface area contributed by atoms with Crippen LogP contribution in [0.3, 0.4) is 0 Å². The van der Waals surface area contributed by atoms with Crippen molar-refractivity contribution in [2.45, 2.75) is 65.7 Å². The molecule has 0 unspecified atom stereocenters. The number of carbonyl (C=O) groups excluding carboxylic acids is 2. The van der Waals surface area contributed by atoms with Gasteiger partial charge in [-0.3, -0.25) is 19.3 Å². The second-order valence-electron chi connectivity index (χ2n) is 10.4. The van der Waals surface area contributed by atoms with E-state index >= 15 is 0 Å². The summed E-state index contributed by atoms with van der Waals surface area (Å²) in [5.74, 6) is 0.278. The van der Waals surface area contributed by atoms with Crippen molar-refractivity contribution in [3.05, 3.63) is 71.0 Å². The molecule has 0 aromatic carbocycles. The highest BCUT2D eigenvalue weighted by molar-refractivity contribution is 6.09. The van der Waals surface area contributed by atoms with Crippen LogP contribution < -0.4 is 10.6 Å². The number of aromatic nitrogens is 4. The quantitative estimate of drug-likeness (QED) is 0.218. The Hall–Kier alpha value is -3.94. The van der Waals surface area contributed by atoms with Crippen molar-refractivity contribution in [1.82, 2.24) is 25.1 Å². The predicted octanol–water partition coefficient (Wildman–Crippen LogP) is 6.12. The molecule has 0 radical (unpaired) electrons. The summed E-state index contributed by atoms with van der Waals surface area (Å²) in [5, 5.41) is 10.3. The van der Waals surface area contributed by atoms with Crippen molar-refractivity contribution < 1.29 is 9.59 Å². The number of rotatable bonds is 10. The SMILES string of the molecule is CC/C=C/C(=C\c1cc(-c2cnn(C)c2)[nH]c1C)C(=O)Nc1cc(C(=O)NCCC2CCCCC2)cnc1C. The topological polar surface area (TPSA) is 105 Å². The van der Waals surface area contributed by atoms with Crippen LogP contribution in [0.1, 0.15) is 79.2 Å².